The second-order valence-electron chi connectivity index (χ2n) is 4.40. The second kappa shape index (κ2) is 5.07. The highest BCUT2D eigenvalue weighted by Crippen LogP contribution is 2.38. The van der Waals surface area contributed by atoms with E-state index >= 15 is 0 Å². The molecule has 0 saturated heterocycles. The summed E-state index contributed by atoms with van der Waals surface area (Å²) in [5.74, 6) is -0.704. The van der Waals surface area contributed by atoms with Gasteiger partial charge in [-0.05, 0) is 30.3 Å². The van der Waals surface area contributed by atoms with Crippen LogP contribution in [0.25, 0.3) is 0 Å². The van der Waals surface area contributed by atoms with Crippen molar-refractivity contribution in [2.45, 2.75) is 6.04 Å². The van der Waals surface area contributed by atoms with Crippen LogP contribution in [0.3, 0.4) is 0 Å². The van der Waals surface area contributed by atoms with Crippen LogP contribution in [0.5, 0.6) is 0 Å². The quantitative estimate of drug-likeness (QED) is 0.841. The fourth-order valence-electron chi connectivity index (χ4n) is 2.17. The van der Waals surface area contributed by atoms with Gasteiger partial charge in [0.25, 0.3) is 5.91 Å². The van der Waals surface area contributed by atoms with Gasteiger partial charge in [0.1, 0.15) is 11.9 Å². The molecule has 2 aromatic rings. The van der Waals surface area contributed by atoms with E-state index in [2.05, 4.69) is 26.6 Å². The number of halogens is 3. The summed E-state index contributed by atoms with van der Waals surface area (Å²) >= 11 is 9.07. The highest BCUT2D eigenvalue weighted by Gasteiger charge is 2.32. The van der Waals surface area contributed by atoms with Crippen LogP contribution in [0.1, 0.15) is 11.6 Å². The van der Waals surface area contributed by atoms with Crippen molar-refractivity contribution in [3.8, 4) is 0 Å². The lowest BCUT2D eigenvalue weighted by Crippen LogP contribution is -2.19. The van der Waals surface area contributed by atoms with Crippen molar-refractivity contribution < 1.29 is 9.18 Å². The zero-order chi connectivity index (χ0) is 14.3. The highest BCUT2D eigenvalue weighted by molar-refractivity contribution is 9.10. The Morgan fingerprint density at radius 1 is 1.30 bits per heavy atom. The molecule has 0 aliphatic carbocycles. The van der Waals surface area contributed by atoms with Crippen molar-refractivity contribution in [1.29, 1.82) is 0 Å². The molecule has 0 fully saturated rings. The molecule has 0 aromatic heterocycles. The van der Waals surface area contributed by atoms with Gasteiger partial charge in [-0.3, -0.25) is 4.79 Å². The van der Waals surface area contributed by atoms with Gasteiger partial charge in [-0.25, -0.2) is 4.39 Å². The Morgan fingerprint density at radius 3 is 2.85 bits per heavy atom. The van der Waals surface area contributed by atoms with Gasteiger partial charge in [0.2, 0.25) is 0 Å². The first-order chi connectivity index (χ1) is 9.56. The number of hydrogen-bond acceptors (Lipinski definition) is 2. The molecule has 3 nitrogen and oxygen atoms in total. The van der Waals surface area contributed by atoms with Gasteiger partial charge in [0.05, 0.1) is 5.02 Å². The molecule has 1 heterocycles. The van der Waals surface area contributed by atoms with Gasteiger partial charge in [0, 0.05) is 21.4 Å². The Morgan fingerprint density at radius 2 is 2.10 bits per heavy atom. The second-order valence-corrected chi connectivity index (χ2v) is 5.66. The third-order valence-corrected chi connectivity index (χ3v) is 4.09. The first-order valence-corrected chi connectivity index (χ1v) is 7.04. The number of carbonyl (C=O) groups excluding carboxylic acids is 1. The molecule has 0 radical (unpaired) electrons. The Balaban J connectivity index is 1.96. The molecule has 1 aliphatic rings. The van der Waals surface area contributed by atoms with E-state index in [1.807, 2.05) is 18.2 Å². The van der Waals surface area contributed by atoms with Gasteiger partial charge in [-0.15, -0.1) is 0 Å². The predicted molar refractivity (Wildman–Crippen MR) is 80.5 cm³/mol. The van der Waals surface area contributed by atoms with E-state index in [0.717, 1.165) is 15.7 Å². The molecule has 102 valence electrons. The summed E-state index contributed by atoms with van der Waals surface area (Å²) in [4.78, 5) is 12.0. The van der Waals surface area contributed by atoms with Crippen LogP contribution in [0, 0.1) is 5.82 Å². The van der Waals surface area contributed by atoms with Gasteiger partial charge >= 0.3 is 0 Å². The molecule has 3 rings (SSSR count). The van der Waals surface area contributed by atoms with E-state index in [-0.39, 0.29) is 10.9 Å². The van der Waals surface area contributed by atoms with Crippen LogP contribution in [0.15, 0.2) is 40.9 Å². The Bertz CT molecular complexity index is 708. The van der Waals surface area contributed by atoms with Crippen LogP contribution in [0.4, 0.5) is 15.8 Å². The topological polar surface area (TPSA) is 41.1 Å². The van der Waals surface area contributed by atoms with Crippen LogP contribution in [-0.2, 0) is 4.79 Å². The minimum atomic E-state index is -0.568. The van der Waals surface area contributed by atoms with Gasteiger partial charge in [0.15, 0.2) is 0 Å². The molecule has 2 aromatic carbocycles. The number of amides is 1. The molecule has 0 spiro atoms. The van der Waals surface area contributed by atoms with Crippen LogP contribution in [-0.4, -0.2) is 5.91 Å². The van der Waals surface area contributed by atoms with Crippen molar-refractivity contribution >= 4 is 44.8 Å². The lowest BCUT2D eigenvalue weighted by Gasteiger charge is -2.14. The fourth-order valence-corrected chi connectivity index (χ4v) is 2.88. The van der Waals surface area contributed by atoms with E-state index in [0.29, 0.717) is 5.69 Å². The summed E-state index contributed by atoms with van der Waals surface area (Å²) in [5, 5.41) is 5.85. The summed E-state index contributed by atoms with van der Waals surface area (Å²) in [6.07, 6.45) is 0. The maximum atomic E-state index is 13.4. The van der Waals surface area contributed by atoms with Crippen molar-refractivity contribution in [1.82, 2.24) is 0 Å². The van der Waals surface area contributed by atoms with E-state index < -0.39 is 11.9 Å². The van der Waals surface area contributed by atoms with Gasteiger partial charge < -0.3 is 10.6 Å². The molecule has 1 aliphatic heterocycles. The van der Waals surface area contributed by atoms with Crippen molar-refractivity contribution in [3.05, 3.63) is 57.3 Å². The Labute approximate surface area is 128 Å². The average molecular weight is 356 g/mol. The normalized spacial score (nSPS) is 16.8. The van der Waals surface area contributed by atoms with Crippen LogP contribution in [0.2, 0.25) is 5.02 Å². The van der Waals surface area contributed by atoms with E-state index in [4.69, 9.17) is 11.6 Å². The molecule has 20 heavy (non-hydrogen) atoms. The highest BCUT2D eigenvalue weighted by atomic mass is 79.9. The Hall–Kier alpha value is -1.59. The first kappa shape index (κ1) is 13.4. The summed E-state index contributed by atoms with van der Waals surface area (Å²) < 4.78 is 14.3. The molecular weight excluding hydrogens is 347 g/mol. The number of anilines is 2. The fraction of sp³-hybridized carbons (Fsp3) is 0.0714. The molecule has 0 saturated carbocycles. The van der Waals surface area contributed by atoms with Crippen LogP contribution >= 0.6 is 27.5 Å². The van der Waals surface area contributed by atoms with Crippen molar-refractivity contribution in [3.63, 3.8) is 0 Å². The summed E-state index contributed by atoms with van der Waals surface area (Å²) in [7, 11) is 0. The third kappa shape index (κ3) is 2.27. The lowest BCUT2D eigenvalue weighted by atomic mass is 10.1. The SMILES string of the molecule is O=C1Nc2cccc(Br)c2C1Nc1ccc(Cl)c(F)c1. The van der Waals surface area contributed by atoms with E-state index in [1.165, 1.54) is 12.1 Å². The zero-order valence-corrected chi connectivity index (χ0v) is 12.4. The molecule has 1 atom stereocenters. The van der Waals surface area contributed by atoms with Gasteiger partial charge in [-0.2, -0.15) is 0 Å². The third-order valence-electron chi connectivity index (χ3n) is 3.09. The van der Waals surface area contributed by atoms with Gasteiger partial charge in [-0.1, -0.05) is 33.6 Å². The maximum Gasteiger partial charge on any atom is 0.251 e. The predicted octanol–water partition coefficient (Wildman–Crippen LogP) is 4.35. The zero-order valence-electron chi connectivity index (χ0n) is 10.1. The van der Waals surface area contributed by atoms with Crippen molar-refractivity contribution in [2.24, 2.45) is 0 Å². The van der Waals surface area contributed by atoms with E-state index in [9.17, 15) is 9.18 Å². The Kier molecular flexibility index (Phi) is 3.40. The lowest BCUT2D eigenvalue weighted by molar-refractivity contribution is -0.116. The number of nitrogens with one attached hydrogen (secondary N) is 2. The maximum absolute atomic E-state index is 13.4. The minimum Gasteiger partial charge on any atom is -0.370 e. The van der Waals surface area contributed by atoms with E-state index in [1.54, 1.807) is 6.07 Å². The number of fused-ring (bicyclic) bond motifs is 1. The summed E-state index contributed by atoms with van der Waals surface area (Å²) in [6, 6.07) is 9.30. The molecule has 0 bridgehead atoms. The smallest absolute Gasteiger partial charge is 0.251 e. The molecule has 6 heteroatoms. The standard InChI is InChI=1S/C14H9BrClFN2O/c15-8-2-1-3-11-12(8)13(14(20)19-11)18-7-4-5-9(16)10(17)6-7/h1-6,13,18H,(H,19,20). The monoisotopic (exact) mass is 354 g/mol. The van der Waals surface area contributed by atoms with Crippen LogP contribution < -0.4 is 10.6 Å². The molecule has 2 N–H and O–H groups in total. The number of rotatable bonds is 2. The average Bonchev–Trinajstić information content (AvgIpc) is 2.72. The minimum absolute atomic E-state index is 0.0491. The number of hydrogen-bond donors (Lipinski definition) is 2. The van der Waals surface area contributed by atoms with Crippen molar-refractivity contribution in [2.75, 3.05) is 10.6 Å². The number of benzene rings is 2. The largest absolute Gasteiger partial charge is 0.370 e. The number of carbonyl (C=O) groups is 1. The molecular formula is C14H9BrClFN2O. The summed E-state index contributed by atoms with van der Waals surface area (Å²) in [5.41, 5.74) is 2.06. The molecule has 1 unspecified atom stereocenters. The molecule has 1 amide bonds. The summed E-state index contributed by atoms with van der Waals surface area (Å²) in [6.45, 7) is 0. The first-order valence-electron chi connectivity index (χ1n) is 5.87.